The quantitative estimate of drug-likeness (QED) is 0.181. The van der Waals surface area contributed by atoms with Crippen molar-refractivity contribution in [2.75, 3.05) is 0 Å². The lowest BCUT2D eigenvalue weighted by molar-refractivity contribution is -0.143. The molecule has 0 unspecified atom stereocenters. The maximum Gasteiger partial charge on any atom is 0.416 e. The summed E-state index contributed by atoms with van der Waals surface area (Å²) in [6.45, 7) is 0. The third-order valence-corrected chi connectivity index (χ3v) is 7.96. The van der Waals surface area contributed by atoms with E-state index in [0.717, 1.165) is 50.7 Å². The molecular formula is C38H20F6N2O. The molecular weight excluding hydrogens is 614 g/mol. The number of aromatic nitrogens is 1. The van der Waals surface area contributed by atoms with Crippen molar-refractivity contribution < 1.29 is 30.8 Å². The number of rotatable bonds is 4. The van der Waals surface area contributed by atoms with E-state index in [-0.39, 0.29) is 17.2 Å². The number of fused-ring (bicyclic) bond motifs is 2. The molecule has 7 aromatic rings. The van der Waals surface area contributed by atoms with Crippen molar-refractivity contribution in [1.82, 2.24) is 4.98 Å². The Hall–Kier alpha value is -5.88. The number of hydrogen-bond acceptors (Lipinski definition) is 3. The van der Waals surface area contributed by atoms with E-state index in [1.165, 1.54) is 12.1 Å². The topological polar surface area (TPSA) is 49.8 Å². The first-order valence-electron chi connectivity index (χ1n) is 14.3. The second kappa shape index (κ2) is 11.2. The van der Waals surface area contributed by atoms with Gasteiger partial charge in [0.2, 0.25) is 5.89 Å². The Morgan fingerprint density at radius 3 is 1.45 bits per heavy atom. The van der Waals surface area contributed by atoms with Gasteiger partial charge in [-0.15, -0.1) is 0 Å². The molecule has 47 heavy (non-hydrogen) atoms. The Labute approximate surface area is 264 Å². The van der Waals surface area contributed by atoms with Gasteiger partial charge in [0.15, 0.2) is 5.58 Å². The smallest absolute Gasteiger partial charge is 0.416 e. The fourth-order valence-corrected chi connectivity index (χ4v) is 5.50. The summed E-state index contributed by atoms with van der Waals surface area (Å²) >= 11 is 0. The van der Waals surface area contributed by atoms with E-state index in [4.69, 9.17) is 9.68 Å². The molecule has 0 saturated heterocycles. The summed E-state index contributed by atoms with van der Waals surface area (Å²) < 4.78 is 85.9. The zero-order valence-corrected chi connectivity index (χ0v) is 24.1. The van der Waals surface area contributed by atoms with Crippen LogP contribution in [0.2, 0.25) is 0 Å². The van der Waals surface area contributed by atoms with Gasteiger partial charge in [-0.3, -0.25) is 0 Å². The molecule has 0 aliphatic rings. The average Bonchev–Trinajstić information content (AvgIpc) is 3.50. The van der Waals surface area contributed by atoms with E-state index in [9.17, 15) is 26.3 Å². The molecule has 0 amide bonds. The van der Waals surface area contributed by atoms with Gasteiger partial charge in [-0.1, -0.05) is 60.7 Å². The van der Waals surface area contributed by atoms with Crippen LogP contribution in [0.1, 0.15) is 16.7 Å². The summed E-state index contributed by atoms with van der Waals surface area (Å²) in [5, 5.41) is 11.1. The van der Waals surface area contributed by atoms with Crippen LogP contribution in [-0.2, 0) is 12.4 Å². The number of nitriles is 1. The highest BCUT2D eigenvalue weighted by Crippen LogP contribution is 2.39. The van der Waals surface area contributed by atoms with Crippen LogP contribution < -0.4 is 0 Å². The van der Waals surface area contributed by atoms with Gasteiger partial charge in [0.1, 0.15) is 5.52 Å². The molecule has 0 bridgehead atoms. The van der Waals surface area contributed by atoms with Crippen LogP contribution in [0.15, 0.2) is 126 Å². The van der Waals surface area contributed by atoms with Gasteiger partial charge < -0.3 is 4.42 Å². The standard InChI is InChI=1S/C38H20F6N2O/c39-37(40,41)32-18-31(19-33(20-32)38(42,43)44)25-4-2-23(3-5-25)27-10-12-30-17-28(11-13-29(30)16-27)24-6-8-26(9-7-24)36-46-34-14-1-22(21-45)15-35(34)47-36/h1-20H. The van der Waals surface area contributed by atoms with Crippen LogP contribution in [0.5, 0.6) is 0 Å². The summed E-state index contributed by atoms with van der Waals surface area (Å²) in [4.78, 5) is 4.52. The van der Waals surface area contributed by atoms with Crippen molar-refractivity contribution in [3.05, 3.63) is 138 Å². The van der Waals surface area contributed by atoms with E-state index in [2.05, 4.69) is 17.1 Å². The fourth-order valence-electron chi connectivity index (χ4n) is 5.50. The predicted molar refractivity (Wildman–Crippen MR) is 168 cm³/mol. The molecule has 0 aliphatic heterocycles. The third kappa shape index (κ3) is 5.93. The molecule has 0 atom stereocenters. The van der Waals surface area contributed by atoms with Gasteiger partial charge in [-0.05, 0) is 98.8 Å². The summed E-state index contributed by atoms with van der Waals surface area (Å²) in [5.41, 5.74) is 3.48. The van der Waals surface area contributed by atoms with Crippen molar-refractivity contribution in [3.63, 3.8) is 0 Å². The van der Waals surface area contributed by atoms with Crippen LogP contribution in [0.25, 0.3) is 66.7 Å². The SMILES string of the molecule is N#Cc1ccc2nc(-c3ccc(-c4ccc5cc(-c6ccc(-c7cc(C(F)(F)F)cc(C(F)(F)F)c7)cc6)ccc5c4)cc3)oc2c1. The maximum atomic E-state index is 13.3. The average molecular weight is 635 g/mol. The highest BCUT2D eigenvalue weighted by Gasteiger charge is 2.37. The lowest BCUT2D eigenvalue weighted by Gasteiger charge is -2.14. The zero-order valence-electron chi connectivity index (χ0n) is 24.1. The molecule has 9 heteroatoms. The number of hydrogen-bond donors (Lipinski definition) is 0. The van der Waals surface area contributed by atoms with Crippen molar-refractivity contribution in [2.24, 2.45) is 0 Å². The minimum atomic E-state index is -4.91. The molecule has 0 N–H and O–H groups in total. The molecule has 230 valence electrons. The number of halogens is 6. The maximum absolute atomic E-state index is 13.3. The van der Waals surface area contributed by atoms with Crippen molar-refractivity contribution in [3.8, 4) is 50.9 Å². The van der Waals surface area contributed by atoms with Gasteiger partial charge in [-0.2, -0.15) is 31.6 Å². The van der Waals surface area contributed by atoms with Gasteiger partial charge in [0.25, 0.3) is 0 Å². The molecule has 1 aromatic heterocycles. The number of benzene rings is 6. The molecule has 0 spiro atoms. The lowest BCUT2D eigenvalue weighted by atomic mass is 9.95. The highest BCUT2D eigenvalue weighted by molar-refractivity contribution is 5.91. The minimum absolute atomic E-state index is 0.126. The van der Waals surface area contributed by atoms with Crippen LogP contribution >= 0.6 is 0 Å². The van der Waals surface area contributed by atoms with Gasteiger partial charge >= 0.3 is 12.4 Å². The van der Waals surface area contributed by atoms with Crippen molar-refractivity contribution in [1.29, 1.82) is 5.26 Å². The molecule has 3 nitrogen and oxygen atoms in total. The van der Waals surface area contributed by atoms with Gasteiger partial charge in [0, 0.05) is 11.6 Å². The predicted octanol–water partition coefficient (Wildman–Crippen LogP) is 11.6. The summed E-state index contributed by atoms with van der Waals surface area (Å²) in [5.74, 6) is 0.460. The van der Waals surface area contributed by atoms with Crippen LogP contribution in [0, 0.1) is 11.3 Å². The Kier molecular flexibility index (Phi) is 7.09. The number of oxazole rings is 1. The Morgan fingerprint density at radius 1 is 0.489 bits per heavy atom. The lowest BCUT2D eigenvalue weighted by Crippen LogP contribution is -2.11. The molecule has 6 aromatic carbocycles. The van der Waals surface area contributed by atoms with E-state index in [0.29, 0.717) is 22.6 Å². The van der Waals surface area contributed by atoms with Gasteiger partial charge in [0.05, 0.1) is 22.8 Å². The Bertz CT molecular complexity index is 2300. The van der Waals surface area contributed by atoms with E-state index in [1.54, 1.807) is 30.3 Å². The van der Waals surface area contributed by atoms with Crippen LogP contribution in [0.3, 0.4) is 0 Å². The van der Waals surface area contributed by atoms with Crippen molar-refractivity contribution >= 4 is 21.9 Å². The van der Waals surface area contributed by atoms with E-state index >= 15 is 0 Å². The summed E-state index contributed by atoms with van der Waals surface area (Å²) in [7, 11) is 0. The first-order valence-corrected chi connectivity index (χ1v) is 14.3. The summed E-state index contributed by atoms with van der Waals surface area (Å²) in [6.07, 6.45) is -9.83. The molecule has 1 heterocycles. The molecule has 0 aliphatic carbocycles. The Morgan fingerprint density at radius 2 is 0.957 bits per heavy atom. The largest absolute Gasteiger partial charge is 0.436 e. The first kappa shape index (κ1) is 29.8. The molecule has 7 rings (SSSR count). The van der Waals surface area contributed by atoms with Crippen LogP contribution in [0.4, 0.5) is 26.3 Å². The zero-order chi connectivity index (χ0) is 32.9. The van der Waals surface area contributed by atoms with Crippen LogP contribution in [-0.4, -0.2) is 4.98 Å². The Balaban J connectivity index is 1.13. The van der Waals surface area contributed by atoms with E-state index < -0.39 is 23.5 Å². The third-order valence-electron chi connectivity index (χ3n) is 7.96. The fraction of sp³-hybridized carbons (Fsp3) is 0.0526. The highest BCUT2D eigenvalue weighted by atomic mass is 19.4. The second-order valence-corrected chi connectivity index (χ2v) is 11.0. The number of nitrogens with zero attached hydrogens (tertiary/aromatic N) is 2. The number of alkyl halides is 6. The van der Waals surface area contributed by atoms with E-state index in [1.807, 2.05) is 54.6 Å². The molecule has 0 saturated carbocycles. The minimum Gasteiger partial charge on any atom is -0.436 e. The normalized spacial score (nSPS) is 12.0. The van der Waals surface area contributed by atoms with Crippen molar-refractivity contribution in [2.45, 2.75) is 12.4 Å². The van der Waals surface area contributed by atoms with Gasteiger partial charge in [-0.25, -0.2) is 4.98 Å². The molecule has 0 radical (unpaired) electrons. The summed E-state index contributed by atoms with van der Waals surface area (Å²) in [6, 6.07) is 34.9. The monoisotopic (exact) mass is 634 g/mol. The second-order valence-electron chi connectivity index (χ2n) is 11.0. The molecule has 0 fully saturated rings. The first-order chi connectivity index (χ1) is 22.4.